The molecule has 0 spiro atoms. The van der Waals surface area contributed by atoms with Crippen molar-refractivity contribution in [1.82, 2.24) is 4.90 Å². The van der Waals surface area contributed by atoms with Crippen molar-refractivity contribution in [3.63, 3.8) is 0 Å². The highest BCUT2D eigenvalue weighted by Gasteiger charge is 2.48. The number of ketones is 1. The van der Waals surface area contributed by atoms with Gasteiger partial charge in [-0.3, -0.25) is 9.69 Å². The number of nitrogens with zero attached hydrogens (tertiary/aromatic N) is 1. The number of carbonyl (C=O) groups excluding carboxylic acids is 1. The summed E-state index contributed by atoms with van der Waals surface area (Å²) in [7, 11) is 2.09. The summed E-state index contributed by atoms with van der Waals surface area (Å²) in [5.41, 5.74) is 1.57. The van der Waals surface area contributed by atoms with E-state index in [1.54, 1.807) is 24.3 Å². The third-order valence-corrected chi connectivity index (χ3v) is 6.00. The van der Waals surface area contributed by atoms with Crippen LogP contribution in [0.5, 0.6) is 0 Å². The second-order valence-electron chi connectivity index (χ2n) is 7.25. The molecule has 4 atom stereocenters. The number of Topliss-reactive ketones (excluding diaryl/α,β-unsaturated/α-hetero) is 1. The molecule has 4 rings (SSSR count). The first kappa shape index (κ1) is 16.4. The number of piperidine rings is 1. The fourth-order valence-electron chi connectivity index (χ4n) is 4.68. The first-order chi connectivity index (χ1) is 12.0. The van der Waals surface area contributed by atoms with Crippen LogP contribution in [-0.4, -0.2) is 29.8 Å². The molecule has 2 aromatic carbocycles. The van der Waals surface area contributed by atoms with Crippen molar-refractivity contribution in [2.24, 2.45) is 5.92 Å². The lowest BCUT2D eigenvalue weighted by Crippen LogP contribution is -2.48. The van der Waals surface area contributed by atoms with Crippen LogP contribution in [0, 0.1) is 17.6 Å². The molecule has 2 aliphatic heterocycles. The van der Waals surface area contributed by atoms with Gasteiger partial charge in [0.25, 0.3) is 0 Å². The fraction of sp³-hybridized carbons (Fsp3) is 0.381. The second-order valence-corrected chi connectivity index (χ2v) is 7.25. The van der Waals surface area contributed by atoms with Crippen molar-refractivity contribution in [2.75, 3.05) is 7.05 Å². The first-order valence-electron chi connectivity index (χ1n) is 8.82. The van der Waals surface area contributed by atoms with Gasteiger partial charge >= 0.3 is 0 Å². The summed E-state index contributed by atoms with van der Waals surface area (Å²) in [6.07, 6.45) is 2.98. The fourth-order valence-corrected chi connectivity index (χ4v) is 4.68. The van der Waals surface area contributed by atoms with Crippen LogP contribution in [0.3, 0.4) is 0 Å². The minimum absolute atomic E-state index is 0.0616. The molecule has 2 aliphatic rings. The van der Waals surface area contributed by atoms with Crippen LogP contribution in [0.15, 0.2) is 48.5 Å². The lowest BCUT2D eigenvalue weighted by atomic mass is 9.73. The van der Waals surface area contributed by atoms with Gasteiger partial charge in [-0.15, -0.1) is 0 Å². The predicted molar refractivity (Wildman–Crippen MR) is 92.6 cm³/mol. The van der Waals surface area contributed by atoms with E-state index in [-0.39, 0.29) is 35.3 Å². The zero-order chi connectivity index (χ0) is 17.6. The Labute approximate surface area is 146 Å². The number of benzene rings is 2. The minimum Gasteiger partial charge on any atom is -0.300 e. The Morgan fingerprint density at radius 1 is 0.960 bits per heavy atom. The van der Waals surface area contributed by atoms with Crippen molar-refractivity contribution < 1.29 is 13.6 Å². The van der Waals surface area contributed by atoms with Crippen molar-refractivity contribution in [3.8, 4) is 0 Å². The summed E-state index contributed by atoms with van der Waals surface area (Å²) in [5, 5.41) is 0. The largest absolute Gasteiger partial charge is 0.300 e. The van der Waals surface area contributed by atoms with E-state index >= 15 is 0 Å². The zero-order valence-corrected chi connectivity index (χ0v) is 14.2. The molecular formula is C21H21F2NO. The molecule has 2 fully saturated rings. The lowest BCUT2D eigenvalue weighted by molar-refractivity contribution is 0.0643. The second kappa shape index (κ2) is 6.34. The number of hydrogen-bond acceptors (Lipinski definition) is 2. The van der Waals surface area contributed by atoms with Crippen LogP contribution >= 0.6 is 0 Å². The molecule has 2 nitrogen and oxygen atoms in total. The molecule has 0 radical (unpaired) electrons. The Morgan fingerprint density at radius 3 is 2.20 bits per heavy atom. The molecule has 2 aromatic rings. The lowest BCUT2D eigenvalue weighted by Gasteiger charge is -2.42. The smallest absolute Gasteiger partial charge is 0.168 e. The summed E-state index contributed by atoms with van der Waals surface area (Å²) in [4.78, 5) is 15.6. The van der Waals surface area contributed by atoms with E-state index in [2.05, 4.69) is 11.9 Å². The van der Waals surface area contributed by atoms with E-state index in [9.17, 15) is 13.6 Å². The number of hydrogen-bond donors (Lipinski definition) is 0. The standard InChI is InChI=1S/C21H21F2NO/c1-24-17-10-11-19(24)20(21(25)14-4-8-16(23)9-5-14)18(12-17)13-2-6-15(22)7-3-13/h2-9,17-20H,10-12H2,1H3/t17?,18-,19-,20-/m1/s1. The summed E-state index contributed by atoms with van der Waals surface area (Å²) in [6.45, 7) is 0. The molecule has 4 heteroatoms. The van der Waals surface area contributed by atoms with E-state index in [1.165, 1.54) is 24.3 Å². The normalized spacial score (nSPS) is 28.9. The van der Waals surface area contributed by atoms with Crippen molar-refractivity contribution in [3.05, 3.63) is 71.3 Å². The van der Waals surface area contributed by atoms with Crippen molar-refractivity contribution >= 4 is 5.78 Å². The van der Waals surface area contributed by atoms with Gasteiger partial charge < -0.3 is 0 Å². The average Bonchev–Trinajstić information content (AvgIpc) is 2.85. The number of carbonyl (C=O) groups is 1. The topological polar surface area (TPSA) is 20.3 Å². The van der Waals surface area contributed by atoms with Gasteiger partial charge in [-0.05, 0) is 74.2 Å². The molecular weight excluding hydrogens is 320 g/mol. The Bertz CT molecular complexity index is 771. The van der Waals surface area contributed by atoms with Crippen LogP contribution in [0.4, 0.5) is 8.78 Å². The van der Waals surface area contributed by atoms with E-state index in [1.807, 2.05) is 0 Å². The third kappa shape index (κ3) is 2.89. The maximum absolute atomic E-state index is 13.3. The summed E-state index contributed by atoms with van der Waals surface area (Å²) >= 11 is 0. The molecule has 2 bridgehead atoms. The molecule has 1 unspecified atom stereocenters. The molecule has 0 amide bonds. The predicted octanol–water partition coefficient (Wildman–Crippen LogP) is 4.41. The Hall–Kier alpha value is -2.07. The summed E-state index contributed by atoms with van der Waals surface area (Å²) in [5.74, 6) is -0.646. The van der Waals surface area contributed by atoms with Gasteiger partial charge in [-0.1, -0.05) is 12.1 Å². The number of halogens is 2. The van der Waals surface area contributed by atoms with E-state index in [0.29, 0.717) is 11.6 Å². The molecule has 0 saturated carbocycles. The third-order valence-electron chi connectivity index (χ3n) is 6.00. The van der Waals surface area contributed by atoms with E-state index in [4.69, 9.17) is 0 Å². The van der Waals surface area contributed by atoms with Crippen LogP contribution < -0.4 is 0 Å². The molecule has 2 saturated heterocycles. The van der Waals surface area contributed by atoms with E-state index < -0.39 is 0 Å². The summed E-state index contributed by atoms with van der Waals surface area (Å²) in [6, 6.07) is 13.0. The minimum atomic E-state index is -0.340. The van der Waals surface area contributed by atoms with Crippen LogP contribution in [0.25, 0.3) is 0 Å². The van der Waals surface area contributed by atoms with Crippen LogP contribution in [0.2, 0.25) is 0 Å². The summed E-state index contributed by atoms with van der Waals surface area (Å²) < 4.78 is 26.6. The molecule has 0 aromatic heterocycles. The zero-order valence-electron chi connectivity index (χ0n) is 14.2. The van der Waals surface area contributed by atoms with E-state index in [0.717, 1.165) is 24.8 Å². The molecule has 130 valence electrons. The molecule has 0 aliphatic carbocycles. The maximum Gasteiger partial charge on any atom is 0.168 e. The molecule has 2 heterocycles. The molecule has 25 heavy (non-hydrogen) atoms. The monoisotopic (exact) mass is 341 g/mol. The van der Waals surface area contributed by atoms with Gasteiger partial charge in [0.05, 0.1) is 0 Å². The van der Waals surface area contributed by atoms with Gasteiger partial charge in [-0.2, -0.15) is 0 Å². The van der Waals surface area contributed by atoms with Crippen LogP contribution in [-0.2, 0) is 0 Å². The Balaban J connectivity index is 1.72. The highest BCUT2D eigenvalue weighted by Crippen LogP contribution is 2.47. The Morgan fingerprint density at radius 2 is 1.56 bits per heavy atom. The first-order valence-corrected chi connectivity index (χ1v) is 8.82. The van der Waals surface area contributed by atoms with Crippen molar-refractivity contribution in [2.45, 2.75) is 37.3 Å². The van der Waals surface area contributed by atoms with Gasteiger partial charge in [0.2, 0.25) is 0 Å². The van der Waals surface area contributed by atoms with Crippen LogP contribution in [0.1, 0.15) is 41.1 Å². The highest BCUT2D eigenvalue weighted by atomic mass is 19.1. The average molecular weight is 341 g/mol. The number of rotatable bonds is 3. The SMILES string of the molecule is CN1C2CC[C@@H]1[C@H](C(=O)c1ccc(F)cc1)[C@@H](c1ccc(F)cc1)C2. The highest BCUT2D eigenvalue weighted by molar-refractivity contribution is 5.99. The Kier molecular flexibility index (Phi) is 4.16. The number of fused-ring (bicyclic) bond motifs is 2. The molecule has 0 N–H and O–H groups in total. The van der Waals surface area contributed by atoms with Gasteiger partial charge in [-0.25, -0.2) is 8.78 Å². The van der Waals surface area contributed by atoms with Gasteiger partial charge in [0, 0.05) is 23.6 Å². The van der Waals surface area contributed by atoms with Gasteiger partial charge in [0.15, 0.2) is 5.78 Å². The van der Waals surface area contributed by atoms with Crippen molar-refractivity contribution in [1.29, 1.82) is 0 Å². The quantitative estimate of drug-likeness (QED) is 0.771. The maximum atomic E-state index is 13.3. The van der Waals surface area contributed by atoms with Gasteiger partial charge in [0.1, 0.15) is 11.6 Å².